The topological polar surface area (TPSA) is 633 Å². The molecule has 0 amide bonds. The van der Waals surface area contributed by atoms with Gasteiger partial charge in [-0.15, -0.1) is 0 Å². The van der Waals surface area contributed by atoms with Gasteiger partial charge in [0.1, 0.15) is 177 Å². The Kier molecular flexibility index (Phi) is 26.5. The van der Waals surface area contributed by atoms with Gasteiger partial charge in [0, 0.05) is 13.0 Å². The quantitative estimate of drug-likeness (QED) is 0.0452. The molecule has 8 fully saturated rings. The second kappa shape index (κ2) is 32.2. The van der Waals surface area contributed by atoms with Crippen molar-refractivity contribution in [2.24, 2.45) is 5.92 Å². The van der Waals surface area contributed by atoms with Crippen molar-refractivity contribution >= 4 is 0 Å². The molecule has 8 aliphatic heterocycles. The summed E-state index contributed by atoms with van der Waals surface area (Å²) in [7, 11) is 1.15. The molecule has 0 aromatic heterocycles. The van der Waals surface area contributed by atoms with Crippen molar-refractivity contribution in [2.75, 3.05) is 60.0 Å². The Balaban J connectivity index is 0.849. The van der Waals surface area contributed by atoms with Crippen molar-refractivity contribution in [2.45, 2.75) is 246 Å². The largest absolute Gasteiger partial charge is 0.394 e. The fourth-order valence-electron chi connectivity index (χ4n) is 11.9. The maximum absolute atomic E-state index is 11.4. The summed E-state index contributed by atoms with van der Waals surface area (Å²) in [5.41, 5.74) is 0. The molecule has 0 bridgehead atoms. The zero-order valence-corrected chi connectivity index (χ0v) is 48.0. The summed E-state index contributed by atoms with van der Waals surface area (Å²) < 4.78 is 89.5. The first-order chi connectivity index (χ1) is 42.8. The number of methoxy groups -OCH3 is 1. The van der Waals surface area contributed by atoms with E-state index in [1.807, 2.05) is 0 Å². The lowest BCUT2D eigenvalue weighted by atomic mass is 9.91. The lowest BCUT2D eigenvalue weighted by molar-refractivity contribution is -0.399. The van der Waals surface area contributed by atoms with Crippen molar-refractivity contribution in [1.29, 1.82) is 0 Å². The van der Waals surface area contributed by atoms with E-state index in [9.17, 15) is 123 Å². The minimum Gasteiger partial charge on any atom is -0.394 e. The molecule has 0 saturated carbocycles. The van der Waals surface area contributed by atoms with Gasteiger partial charge in [-0.3, -0.25) is 0 Å². The monoisotopic (exact) mass is 1330 g/mol. The van der Waals surface area contributed by atoms with Gasteiger partial charge < -0.3 is 198 Å². The van der Waals surface area contributed by atoms with E-state index in [-0.39, 0.29) is 0 Å². The first kappa shape index (κ1) is 74.2. The molecular formula is C50H86O40. The number of hydrogen-bond acceptors (Lipinski definition) is 40. The van der Waals surface area contributed by atoms with E-state index >= 15 is 0 Å². The van der Waals surface area contributed by atoms with Crippen LogP contribution in [0.5, 0.6) is 0 Å². The third-order valence-corrected chi connectivity index (χ3v) is 17.3. The molecule has 8 saturated heterocycles. The molecule has 0 aliphatic carbocycles. The Hall–Kier alpha value is -1.60. The van der Waals surface area contributed by atoms with E-state index in [0.717, 1.165) is 7.11 Å². The summed E-state index contributed by atoms with van der Waals surface area (Å²) in [4.78, 5) is 0. The van der Waals surface area contributed by atoms with E-state index in [1.165, 1.54) is 6.92 Å². The number of aliphatic hydroxyl groups excluding tert-OH is 24. The number of hydrogen-bond donors (Lipinski definition) is 24. The highest BCUT2D eigenvalue weighted by molar-refractivity contribution is 5.01. The standard InChI is InChI=1S/C50H86O40/c1-11-12(3-51)76-44(28(67)20(11)59)84-37-14(5-53)78-46(30(69)22(37)61)86-39-16(7-55)80-48(32(71)24(39)63)88-41-18(9-57)82-50(34(73)26(41)65)90-42-19(10-58)83-49(35(74)27(42)66)89-40-17(8-56)81-47(33(72)25(40)64)87-38-15(6-54)79-45(31(70)23(38)62)85-36-13(4-52)77-43(75-2)29(68)21(36)60/h11-74H,3-10H2,1-2H3/t11-,12?,13?,14?,15?,16?,17?,18?,19?,20+,21-,22-,23-,24-,25-,26-,27-,28?,29?,30?,31?,32?,33?,34?,35?,36-,37-,38-,39-,40-,41-,42-,43-,44+,45+,46+,47+,48+,49+,50+/m1/s1. The molecule has 16 unspecified atom stereocenters. The Labute approximate surface area is 509 Å². The molecule has 40 heteroatoms. The lowest BCUT2D eigenvalue weighted by Crippen LogP contribution is -2.68. The van der Waals surface area contributed by atoms with Crippen LogP contribution in [0.2, 0.25) is 0 Å². The van der Waals surface area contributed by atoms with E-state index in [4.69, 9.17) is 75.8 Å². The fraction of sp³-hybridized carbons (Fsp3) is 1.00. The van der Waals surface area contributed by atoms with Crippen LogP contribution in [0.15, 0.2) is 0 Å². The van der Waals surface area contributed by atoms with E-state index in [0.29, 0.717) is 0 Å². The molecule has 40 atom stereocenters. The maximum Gasteiger partial charge on any atom is 0.187 e. The predicted molar refractivity (Wildman–Crippen MR) is 272 cm³/mol. The van der Waals surface area contributed by atoms with Crippen LogP contribution in [-0.2, 0) is 75.8 Å². The van der Waals surface area contributed by atoms with Crippen molar-refractivity contribution in [3.8, 4) is 0 Å². The van der Waals surface area contributed by atoms with Gasteiger partial charge in [0.25, 0.3) is 0 Å². The summed E-state index contributed by atoms with van der Waals surface area (Å²) in [6.45, 7) is -6.11. The van der Waals surface area contributed by atoms with Gasteiger partial charge in [0.15, 0.2) is 50.3 Å². The highest BCUT2D eigenvalue weighted by atomic mass is 16.8. The van der Waals surface area contributed by atoms with Crippen molar-refractivity contribution in [3.05, 3.63) is 0 Å². The van der Waals surface area contributed by atoms with Crippen molar-refractivity contribution in [1.82, 2.24) is 0 Å². The second-order valence-electron chi connectivity index (χ2n) is 23.0. The molecule has 24 N–H and O–H groups in total. The molecule has 0 aromatic carbocycles. The average molecular weight is 1330 g/mol. The minimum absolute atomic E-state index is 0.603. The Morgan fingerprint density at radius 2 is 0.356 bits per heavy atom. The van der Waals surface area contributed by atoms with Crippen molar-refractivity contribution in [3.63, 3.8) is 0 Å². The molecule has 8 aliphatic rings. The predicted octanol–water partition coefficient (Wildman–Crippen LogP) is -16.5. The second-order valence-corrected chi connectivity index (χ2v) is 23.0. The van der Waals surface area contributed by atoms with Crippen LogP contribution in [-0.4, -0.2) is 422 Å². The molecule has 8 heterocycles. The SMILES string of the molecule is CO[C@@H]1OC(CO)[C@@H](O[C@@H]2OC(CO)[C@@H](O[C@@H]3OC(CO)[C@@H](O[C@@H]4OC(CO)[C@@H](O[C@@H]5OC(CO)[C@@H](O[C@@H]6OC(CO)[C@@H](O[C@@H]7OC(CO)[C@@H](O[C@@H]8OC(CO)[C@@H](C)[C@H](O)C8O)[C@H](O)C7O)[C@H](O)C6O)[C@H](O)C5O)[C@H](O)C4O)[C@H](O)C3O)[C@H](O)C2O)[C@H](O)C1O. The summed E-state index contributed by atoms with van der Waals surface area (Å²) in [5.74, 6) is -0.763. The first-order valence-corrected chi connectivity index (χ1v) is 28.9. The van der Waals surface area contributed by atoms with Gasteiger partial charge in [0.2, 0.25) is 0 Å². The van der Waals surface area contributed by atoms with Crippen LogP contribution in [0.3, 0.4) is 0 Å². The molecule has 526 valence electrons. The fourth-order valence-corrected chi connectivity index (χ4v) is 11.9. The Morgan fingerprint density at radius 3 is 0.522 bits per heavy atom. The zero-order valence-electron chi connectivity index (χ0n) is 48.0. The van der Waals surface area contributed by atoms with E-state index in [2.05, 4.69) is 0 Å². The van der Waals surface area contributed by atoms with Crippen LogP contribution in [0, 0.1) is 5.92 Å². The van der Waals surface area contributed by atoms with Gasteiger partial charge >= 0.3 is 0 Å². The van der Waals surface area contributed by atoms with Gasteiger partial charge in [-0.2, -0.15) is 0 Å². The van der Waals surface area contributed by atoms with Crippen LogP contribution in [0.25, 0.3) is 0 Å². The molecule has 0 radical (unpaired) electrons. The lowest BCUT2D eigenvalue weighted by Gasteiger charge is -2.50. The van der Waals surface area contributed by atoms with Crippen LogP contribution in [0.4, 0.5) is 0 Å². The van der Waals surface area contributed by atoms with Crippen molar-refractivity contribution < 1.29 is 198 Å². The first-order valence-electron chi connectivity index (χ1n) is 28.9. The van der Waals surface area contributed by atoms with Crippen LogP contribution >= 0.6 is 0 Å². The summed E-state index contributed by atoms with van der Waals surface area (Å²) in [6.07, 6.45) is -73.4. The number of rotatable bonds is 23. The third kappa shape index (κ3) is 15.1. The number of ether oxygens (including phenoxy) is 16. The van der Waals surface area contributed by atoms with Gasteiger partial charge in [-0.25, -0.2) is 0 Å². The normalized spacial score (nSPS) is 53.1. The average Bonchev–Trinajstić information content (AvgIpc) is 0.930. The van der Waals surface area contributed by atoms with Gasteiger partial charge in [0.05, 0.1) is 65.1 Å². The van der Waals surface area contributed by atoms with Gasteiger partial charge in [-0.05, 0) is 0 Å². The van der Waals surface area contributed by atoms with Crippen LogP contribution in [0.1, 0.15) is 6.92 Å². The van der Waals surface area contributed by atoms with E-state index in [1.54, 1.807) is 0 Å². The summed E-state index contributed by atoms with van der Waals surface area (Å²) in [5, 5.41) is 259. The molecule has 90 heavy (non-hydrogen) atoms. The highest BCUT2D eigenvalue weighted by Crippen LogP contribution is 2.39. The van der Waals surface area contributed by atoms with Gasteiger partial charge in [-0.1, -0.05) is 6.92 Å². The summed E-state index contributed by atoms with van der Waals surface area (Å²) >= 11 is 0. The maximum atomic E-state index is 11.4. The molecule has 8 rings (SSSR count). The molecule has 0 aromatic rings. The molecule has 0 spiro atoms. The molecular weight excluding hydrogens is 1240 g/mol. The number of aliphatic hydroxyl groups is 24. The zero-order chi connectivity index (χ0) is 66.1. The molecule has 40 nitrogen and oxygen atoms in total. The Bertz CT molecular complexity index is 2140. The van der Waals surface area contributed by atoms with E-state index < -0.39 is 298 Å². The Morgan fingerprint density at radius 1 is 0.211 bits per heavy atom. The minimum atomic E-state index is -2.25. The summed E-state index contributed by atoms with van der Waals surface area (Å²) in [6, 6.07) is 0. The smallest absolute Gasteiger partial charge is 0.187 e. The highest BCUT2D eigenvalue weighted by Gasteiger charge is 2.59. The van der Waals surface area contributed by atoms with Crippen LogP contribution < -0.4 is 0 Å². The third-order valence-electron chi connectivity index (χ3n) is 17.3.